The van der Waals surface area contributed by atoms with Gasteiger partial charge < -0.3 is 0 Å². The first kappa shape index (κ1) is 17.9. The van der Waals surface area contributed by atoms with E-state index >= 15 is 0 Å². The Bertz CT molecular complexity index is 605. The van der Waals surface area contributed by atoms with Crippen LogP contribution in [0.5, 0.6) is 0 Å². The molecule has 0 heterocycles. The van der Waals surface area contributed by atoms with E-state index in [2.05, 4.69) is 49.5 Å². The molecule has 0 saturated heterocycles. The zero-order valence-corrected chi connectivity index (χ0v) is 16.5. The fourth-order valence-electron chi connectivity index (χ4n) is 3.69. The van der Waals surface area contributed by atoms with Crippen molar-refractivity contribution in [3.8, 4) is 0 Å². The van der Waals surface area contributed by atoms with Crippen LogP contribution in [0.4, 0.5) is 0 Å². The summed E-state index contributed by atoms with van der Waals surface area (Å²) in [5, 5.41) is 1.77. The van der Waals surface area contributed by atoms with Crippen LogP contribution < -0.4 is 0 Å². The van der Waals surface area contributed by atoms with Gasteiger partial charge in [0.2, 0.25) is 0 Å². The Kier molecular flexibility index (Phi) is 6.85. The molecule has 0 fully saturated rings. The maximum Gasteiger partial charge on any atom is 2.00 e. The molecule has 0 saturated carbocycles. The summed E-state index contributed by atoms with van der Waals surface area (Å²) in [6.45, 7) is 4.81. The Morgan fingerprint density at radius 3 is 2.27 bits per heavy atom. The minimum atomic E-state index is -0.201. The number of rotatable bonds is 0. The van der Waals surface area contributed by atoms with Crippen molar-refractivity contribution in [2.45, 2.75) is 58.0 Å². The molecule has 0 bridgehead atoms. The van der Waals surface area contributed by atoms with Gasteiger partial charge in [-0.05, 0) is 21.3 Å². The molecule has 2 aromatic carbocycles. The summed E-state index contributed by atoms with van der Waals surface area (Å²) in [4.78, 5) is 0. The maximum absolute atomic E-state index is 2.40. The second kappa shape index (κ2) is 8.42. The van der Waals surface area contributed by atoms with Gasteiger partial charge in [-0.1, -0.05) is 45.2 Å². The molecule has 2 aliphatic rings. The molecular weight excluding hydrogens is 293 g/mol. The van der Waals surface area contributed by atoms with Crippen molar-refractivity contribution in [2.24, 2.45) is 0 Å². The van der Waals surface area contributed by atoms with Gasteiger partial charge in [0.05, 0.1) is 0 Å². The zero-order chi connectivity index (χ0) is 14.7. The van der Waals surface area contributed by atoms with Crippen molar-refractivity contribution in [2.75, 3.05) is 0 Å². The van der Waals surface area contributed by atoms with E-state index in [0.717, 1.165) is 0 Å². The third kappa shape index (κ3) is 4.09. The summed E-state index contributed by atoms with van der Waals surface area (Å²) in [6, 6.07) is 13.5. The summed E-state index contributed by atoms with van der Waals surface area (Å²) in [5.41, 5.74) is 6.39. The van der Waals surface area contributed by atoms with Gasteiger partial charge in [0, 0.05) is 0 Å². The Hall–Kier alpha value is -0.447. The molecule has 22 heavy (non-hydrogen) atoms. The maximum atomic E-state index is 2.40. The normalized spacial score (nSPS) is 15.8. The third-order valence-electron chi connectivity index (χ3n) is 4.86. The quantitative estimate of drug-likeness (QED) is 0.495. The fourth-order valence-corrected chi connectivity index (χ4v) is 5.15. The summed E-state index contributed by atoms with van der Waals surface area (Å²) in [6.07, 6.45) is 9.49. The molecule has 2 aliphatic carbocycles. The number of aryl methyl sites for hydroxylation is 3. The van der Waals surface area contributed by atoms with Crippen LogP contribution in [0.2, 0.25) is 13.1 Å². The second-order valence-electron chi connectivity index (χ2n) is 6.58. The summed E-state index contributed by atoms with van der Waals surface area (Å²) < 4.78 is 0. The van der Waals surface area contributed by atoms with E-state index in [-0.39, 0.29) is 31.5 Å². The largest absolute Gasteiger partial charge is 2.00 e. The predicted molar refractivity (Wildman–Crippen MR) is 101 cm³/mol. The Balaban J connectivity index is 0.000000159. The number of fused-ring (bicyclic) bond motifs is 2. The predicted octanol–water partition coefficient (Wildman–Crippen LogP) is 4.50. The minimum absolute atomic E-state index is 0. The standard InChI is InChI=1S/C11H15Si.C9H11.Mg/c1-12(2)11-8-4-6-9-5-3-7-10(9)11;1-2-5-9-7-3-6-8(9)4-1;/h3,5,7H,4,6,8H2,1-2H3;3,6-7H,1-2,4-5H2;/q2*-1;+2. The van der Waals surface area contributed by atoms with Gasteiger partial charge in [-0.25, -0.2) is 12.1 Å². The van der Waals surface area contributed by atoms with Gasteiger partial charge in [0.15, 0.2) is 0 Å². The van der Waals surface area contributed by atoms with Crippen LogP contribution in [0.1, 0.15) is 47.9 Å². The zero-order valence-electron chi connectivity index (χ0n) is 14.1. The van der Waals surface area contributed by atoms with Crippen molar-refractivity contribution in [3.05, 3.63) is 58.7 Å². The Labute approximate surface area is 153 Å². The molecule has 2 aromatic rings. The average Bonchev–Trinajstić information content (AvgIpc) is 3.16. The van der Waals surface area contributed by atoms with Crippen LogP contribution in [0, 0.1) is 0 Å². The smallest absolute Gasteiger partial charge is 0.210 e. The molecule has 0 unspecified atom stereocenters. The third-order valence-corrected chi connectivity index (χ3v) is 6.58. The van der Waals surface area contributed by atoms with Crippen molar-refractivity contribution in [1.82, 2.24) is 0 Å². The topological polar surface area (TPSA) is 0 Å². The summed E-state index contributed by atoms with van der Waals surface area (Å²) in [5.74, 6) is 0. The molecule has 0 aromatic heterocycles. The molecule has 0 nitrogen and oxygen atoms in total. The molecule has 0 aliphatic heterocycles. The first-order valence-corrected chi connectivity index (χ1v) is 10.9. The van der Waals surface area contributed by atoms with E-state index in [1.165, 1.54) is 44.9 Å². The van der Waals surface area contributed by atoms with Gasteiger partial charge in [0.1, 0.15) is 0 Å². The van der Waals surface area contributed by atoms with Crippen LogP contribution in [-0.4, -0.2) is 36.6 Å². The fraction of sp³-hybridized carbons (Fsp3) is 0.450. The van der Waals surface area contributed by atoms with Crippen molar-refractivity contribution < 1.29 is 0 Å². The van der Waals surface area contributed by atoms with Gasteiger partial charge >= 0.3 is 23.1 Å². The Morgan fingerprint density at radius 2 is 1.50 bits per heavy atom. The Morgan fingerprint density at radius 1 is 0.818 bits per heavy atom. The molecule has 2 heteroatoms. The molecule has 0 amide bonds. The van der Waals surface area contributed by atoms with Gasteiger partial charge in [-0.2, -0.15) is 46.5 Å². The molecule has 0 radical (unpaired) electrons. The summed E-state index contributed by atoms with van der Waals surface area (Å²) >= 11 is 0. The molecular formula is C20H26MgSi. The minimum Gasteiger partial charge on any atom is -0.210 e. The molecule has 112 valence electrons. The van der Waals surface area contributed by atoms with E-state index < -0.39 is 0 Å². The van der Waals surface area contributed by atoms with Crippen LogP contribution in [-0.2, 0) is 19.3 Å². The first-order valence-electron chi connectivity index (χ1n) is 8.40. The van der Waals surface area contributed by atoms with E-state index in [9.17, 15) is 0 Å². The van der Waals surface area contributed by atoms with Crippen molar-refractivity contribution >= 4 is 36.6 Å². The SMILES string of the molecule is C[Si](C)=C1CCCc2[cH-]ccc21.[Mg+2].c1cc2c([cH-]1)CCCC2. The van der Waals surface area contributed by atoms with Crippen LogP contribution >= 0.6 is 0 Å². The summed E-state index contributed by atoms with van der Waals surface area (Å²) in [7, 11) is -0.201. The van der Waals surface area contributed by atoms with E-state index in [1.54, 1.807) is 27.4 Å². The van der Waals surface area contributed by atoms with Gasteiger partial charge in [-0.15, -0.1) is 5.17 Å². The molecule has 0 spiro atoms. The van der Waals surface area contributed by atoms with Crippen molar-refractivity contribution in [1.29, 1.82) is 0 Å². The monoisotopic (exact) mass is 318 g/mol. The van der Waals surface area contributed by atoms with Crippen LogP contribution in [0.25, 0.3) is 0 Å². The van der Waals surface area contributed by atoms with Gasteiger partial charge in [-0.3, -0.25) is 0 Å². The average molecular weight is 319 g/mol. The van der Waals surface area contributed by atoms with E-state index in [1.807, 2.05) is 0 Å². The molecule has 0 atom stereocenters. The van der Waals surface area contributed by atoms with Crippen LogP contribution in [0.3, 0.4) is 0 Å². The van der Waals surface area contributed by atoms with Crippen molar-refractivity contribution in [3.63, 3.8) is 0 Å². The molecule has 0 N–H and O–H groups in total. The van der Waals surface area contributed by atoms with E-state index in [0.29, 0.717) is 0 Å². The van der Waals surface area contributed by atoms with E-state index in [4.69, 9.17) is 0 Å². The number of hydrogen-bond acceptors (Lipinski definition) is 0. The van der Waals surface area contributed by atoms with Crippen LogP contribution in [0.15, 0.2) is 36.4 Å². The first-order chi connectivity index (χ1) is 10.3. The number of hydrogen-bond donors (Lipinski definition) is 0. The second-order valence-corrected chi connectivity index (χ2v) is 9.18. The van der Waals surface area contributed by atoms with Gasteiger partial charge in [0.25, 0.3) is 0 Å². The molecule has 4 rings (SSSR count).